The lowest BCUT2D eigenvalue weighted by molar-refractivity contribution is -0.121. The van der Waals surface area contributed by atoms with Gasteiger partial charge in [0.25, 0.3) is 0 Å². The molecule has 0 spiro atoms. The summed E-state index contributed by atoms with van der Waals surface area (Å²) >= 11 is 0. The molecule has 0 bridgehead atoms. The molecule has 0 atom stereocenters. The molecule has 1 aromatic heterocycles. The van der Waals surface area contributed by atoms with Crippen molar-refractivity contribution in [3.63, 3.8) is 0 Å². The summed E-state index contributed by atoms with van der Waals surface area (Å²) in [5, 5.41) is 10.5. The second-order valence-corrected chi connectivity index (χ2v) is 4.85. The van der Waals surface area contributed by atoms with E-state index >= 15 is 0 Å². The summed E-state index contributed by atoms with van der Waals surface area (Å²) < 4.78 is 24.8. The largest absolute Gasteiger partial charge is 0.487 e. The van der Waals surface area contributed by atoms with Gasteiger partial charge in [0.15, 0.2) is 0 Å². The van der Waals surface area contributed by atoms with E-state index in [0.29, 0.717) is 24.6 Å². The number of hydrogen-bond acceptors (Lipinski definition) is 5. The van der Waals surface area contributed by atoms with Crippen LogP contribution in [0, 0.1) is 5.82 Å². The first-order valence-corrected chi connectivity index (χ1v) is 7.20. The first-order valence-electron chi connectivity index (χ1n) is 7.20. The maximum absolute atomic E-state index is 13.0. The molecular weight excluding hydrogens is 303 g/mol. The van der Waals surface area contributed by atoms with Gasteiger partial charge in [0.05, 0.1) is 6.20 Å². The van der Waals surface area contributed by atoms with Crippen molar-refractivity contribution in [3.8, 4) is 5.75 Å². The first kappa shape index (κ1) is 16.9. The Labute approximate surface area is 133 Å². The number of carbonyl (C=O) groups is 1. The first-order chi connectivity index (χ1) is 11.2. The Hall–Kier alpha value is -2.48. The average Bonchev–Trinajstić information content (AvgIpc) is 2.97. The predicted molar refractivity (Wildman–Crippen MR) is 80.3 cm³/mol. The molecule has 0 aliphatic carbocycles. The molecule has 0 unspecified atom stereocenters. The smallest absolute Gasteiger partial charge is 0.241 e. The molecule has 2 aromatic rings. The van der Waals surface area contributed by atoms with E-state index in [2.05, 4.69) is 15.6 Å². The maximum atomic E-state index is 13.0. The fourth-order valence-corrected chi connectivity index (χ4v) is 1.84. The van der Waals surface area contributed by atoms with Gasteiger partial charge in [0.1, 0.15) is 30.4 Å². The zero-order chi connectivity index (χ0) is 16.5. The molecule has 0 fully saturated rings. The molecule has 0 saturated heterocycles. The number of hydrogen-bond donors (Lipinski definition) is 1. The normalized spacial score (nSPS) is 10.5. The van der Waals surface area contributed by atoms with Crippen molar-refractivity contribution in [2.45, 2.75) is 19.6 Å². The van der Waals surface area contributed by atoms with Crippen molar-refractivity contribution in [3.05, 3.63) is 42.0 Å². The lowest BCUT2D eigenvalue weighted by Crippen LogP contribution is -2.29. The van der Waals surface area contributed by atoms with E-state index in [1.165, 1.54) is 16.8 Å². The molecule has 8 heteroatoms. The number of nitrogens with one attached hydrogen (secondary N) is 1. The Morgan fingerprint density at radius 2 is 2.30 bits per heavy atom. The van der Waals surface area contributed by atoms with Gasteiger partial charge < -0.3 is 14.8 Å². The van der Waals surface area contributed by atoms with Gasteiger partial charge in [0.2, 0.25) is 5.91 Å². The van der Waals surface area contributed by atoms with E-state index in [9.17, 15) is 9.18 Å². The zero-order valence-electron chi connectivity index (χ0n) is 12.9. The van der Waals surface area contributed by atoms with Crippen molar-refractivity contribution in [2.75, 3.05) is 20.3 Å². The highest BCUT2D eigenvalue weighted by molar-refractivity contribution is 5.75. The zero-order valence-corrected chi connectivity index (χ0v) is 12.9. The van der Waals surface area contributed by atoms with Crippen molar-refractivity contribution in [1.82, 2.24) is 20.3 Å². The summed E-state index contributed by atoms with van der Waals surface area (Å²) in [6.07, 6.45) is 2.38. The molecular formula is C15H19FN4O3. The fraction of sp³-hybridized carbons (Fsp3) is 0.400. The van der Waals surface area contributed by atoms with Crippen LogP contribution in [0.15, 0.2) is 30.5 Å². The van der Waals surface area contributed by atoms with Gasteiger partial charge in [-0.1, -0.05) is 11.3 Å². The van der Waals surface area contributed by atoms with Crippen LogP contribution in [0.1, 0.15) is 12.1 Å². The van der Waals surface area contributed by atoms with Crippen LogP contribution in [0.4, 0.5) is 4.39 Å². The monoisotopic (exact) mass is 322 g/mol. The van der Waals surface area contributed by atoms with Gasteiger partial charge in [-0.2, -0.15) is 0 Å². The van der Waals surface area contributed by atoms with Gasteiger partial charge in [-0.25, -0.2) is 9.07 Å². The summed E-state index contributed by atoms with van der Waals surface area (Å²) in [6, 6.07) is 5.85. The standard InChI is InChI=1S/C15H19FN4O3/c1-22-7-3-6-17-15(21)10-20-9-13(18-19-20)11-23-14-5-2-4-12(16)8-14/h2,4-5,8-9H,3,6-7,10-11H2,1H3,(H,17,21). The Balaban J connectivity index is 1.75. The molecule has 0 radical (unpaired) electrons. The third kappa shape index (κ3) is 6.03. The summed E-state index contributed by atoms with van der Waals surface area (Å²) in [6.45, 7) is 1.39. The van der Waals surface area contributed by atoms with Crippen molar-refractivity contribution < 1.29 is 18.7 Å². The maximum Gasteiger partial charge on any atom is 0.241 e. The van der Waals surface area contributed by atoms with Crippen molar-refractivity contribution >= 4 is 5.91 Å². The van der Waals surface area contributed by atoms with E-state index in [0.717, 1.165) is 6.42 Å². The highest BCUT2D eigenvalue weighted by atomic mass is 19.1. The van der Waals surface area contributed by atoms with Crippen LogP contribution in [0.25, 0.3) is 0 Å². The van der Waals surface area contributed by atoms with Gasteiger partial charge in [-0.05, 0) is 18.6 Å². The number of benzene rings is 1. The second kappa shape index (κ2) is 8.84. The number of methoxy groups -OCH3 is 1. The van der Waals surface area contributed by atoms with Crippen LogP contribution in [0.2, 0.25) is 0 Å². The van der Waals surface area contributed by atoms with Crippen molar-refractivity contribution in [2.24, 2.45) is 0 Å². The second-order valence-electron chi connectivity index (χ2n) is 4.85. The molecule has 23 heavy (non-hydrogen) atoms. The minimum Gasteiger partial charge on any atom is -0.487 e. The SMILES string of the molecule is COCCCNC(=O)Cn1cc(COc2cccc(F)c2)nn1. The summed E-state index contributed by atoms with van der Waals surface area (Å²) in [7, 11) is 1.62. The fourth-order valence-electron chi connectivity index (χ4n) is 1.84. The van der Waals surface area contributed by atoms with Crippen LogP contribution in [0.5, 0.6) is 5.75 Å². The van der Waals surface area contributed by atoms with E-state index in [1.807, 2.05) is 0 Å². The third-order valence-corrected chi connectivity index (χ3v) is 2.92. The Kier molecular flexibility index (Phi) is 6.49. The highest BCUT2D eigenvalue weighted by Gasteiger charge is 2.06. The molecule has 1 N–H and O–H groups in total. The van der Waals surface area contributed by atoms with E-state index in [4.69, 9.17) is 9.47 Å². The average molecular weight is 322 g/mol. The number of carbonyl (C=O) groups excluding carboxylic acids is 1. The molecule has 7 nitrogen and oxygen atoms in total. The molecule has 124 valence electrons. The molecule has 1 heterocycles. The van der Waals surface area contributed by atoms with Crippen LogP contribution >= 0.6 is 0 Å². The number of halogens is 1. The lowest BCUT2D eigenvalue weighted by atomic mass is 10.3. The third-order valence-electron chi connectivity index (χ3n) is 2.92. The topological polar surface area (TPSA) is 78.3 Å². The minimum absolute atomic E-state index is 0.0833. The minimum atomic E-state index is -0.365. The van der Waals surface area contributed by atoms with Gasteiger partial charge >= 0.3 is 0 Å². The number of aromatic nitrogens is 3. The quantitative estimate of drug-likeness (QED) is 0.701. The van der Waals surface area contributed by atoms with E-state index in [1.54, 1.807) is 25.4 Å². The van der Waals surface area contributed by atoms with Gasteiger partial charge in [-0.15, -0.1) is 5.10 Å². The summed E-state index contributed by atoms with van der Waals surface area (Å²) in [4.78, 5) is 11.7. The lowest BCUT2D eigenvalue weighted by Gasteiger charge is -2.04. The summed E-state index contributed by atoms with van der Waals surface area (Å²) in [5.74, 6) is -0.102. The van der Waals surface area contributed by atoms with E-state index in [-0.39, 0.29) is 24.9 Å². The van der Waals surface area contributed by atoms with Gasteiger partial charge in [-0.3, -0.25) is 4.79 Å². The Morgan fingerprint density at radius 1 is 1.43 bits per heavy atom. The number of rotatable bonds is 9. The Bertz CT molecular complexity index is 633. The highest BCUT2D eigenvalue weighted by Crippen LogP contribution is 2.13. The number of ether oxygens (including phenoxy) is 2. The van der Waals surface area contributed by atoms with Gasteiger partial charge in [0, 0.05) is 26.3 Å². The summed E-state index contributed by atoms with van der Waals surface area (Å²) in [5.41, 5.74) is 0.557. The molecule has 0 aliphatic heterocycles. The Morgan fingerprint density at radius 3 is 3.09 bits per heavy atom. The number of nitrogens with zero attached hydrogens (tertiary/aromatic N) is 3. The predicted octanol–water partition coefficient (Wildman–Crippen LogP) is 1.15. The number of amides is 1. The molecule has 1 amide bonds. The van der Waals surface area contributed by atoms with Crippen LogP contribution in [0.3, 0.4) is 0 Å². The van der Waals surface area contributed by atoms with E-state index < -0.39 is 0 Å². The molecule has 1 aromatic carbocycles. The molecule has 2 rings (SSSR count). The molecule has 0 saturated carbocycles. The van der Waals surface area contributed by atoms with Crippen LogP contribution < -0.4 is 10.1 Å². The van der Waals surface area contributed by atoms with Crippen molar-refractivity contribution in [1.29, 1.82) is 0 Å². The van der Waals surface area contributed by atoms with Crippen LogP contribution in [-0.2, 0) is 22.7 Å². The van der Waals surface area contributed by atoms with Crippen LogP contribution in [-0.4, -0.2) is 41.2 Å². The molecule has 0 aliphatic rings.